The van der Waals surface area contributed by atoms with Gasteiger partial charge >= 0.3 is 0 Å². The molecular weight excluding hydrogens is 449 g/mol. The molecule has 0 unspecified atom stereocenters. The normalized spacial score (nSPS) is 11.6. The standard InChI is InChI=1S/C25H20FN7S/c1-2-27-10-14-9-16(12-28-11-14)17-3-4-18-20(21(17)26)24(33-32-18)25-30-19-5-7-29-22(23(19)31-25)15-6-8-34-13-15/h3-9,11-13,27H,2,10H2,1H3,(H,30,31)(H,32,33). The van der Waals surface area contributed by atoms with Gasteiger partial charge in [0.25, 0.3) is 0 Å². The van der Waals surface area contributed by atoms with Crippen LogP contribution in [0.15, 0.2) is 59.7 Å². The van der Waals surface area contributed by atoms with E-state index in [1.807, 2.05) is 41.9 Å². The Morgan fingerprint density at radius 2 is 2.00 bits per heavy atom. The number of hydrogen-bond donors (Lipinski definition) is 3. The number of aromatic nitrogens is 6. The first kappa shape index (κ1) is 20.6. The number of rotatable bonds is 6. The number of benzene rings is 1. The molecule has 0 saturated carbocycles. The SMILES string of the molecule is CCNCc1cncc(-c2ccc3[nH]nc(-c4nc5c(-c6ccsc6)nccc5[nH]4)c3c2F)c1. The molecule has 168 valence electrons. The maximum absolute atomic E-state index is 15.9. The second-order valence-electron chi connectivity index (χ2n) is 7.94. The molecule has 6 rings (SSSR count). The predicted octanol–water partition coefficient (Wildman–Crippen LogP) is 5.54. The van der Waals surface area contributed by atoms with E-state index in [1.165, 1.54) is 0 Å². The third-order valence-corrected chi connectivity index (χ3v) is 6.46. The van der Waals surface area contributed by atoms with Gasteiger partial charge in [-0.25, -0.2) is 9.37 Å². The smallest absolute Gasteiger partial charge is 0.159 e. The Hall–Kier alpha value is -3.95. The minimum Gasteiger partial charge on any atom is -0.336 e. The Labute approximate surface area is 198 Å². The van der Waals surface area contributed by atoms with Crippen molar-refractivity contribution in [2.24, 2.45) is 0 Å². The topological polar surface area (TPSA) is 95.2 Å². The average Bonchev–Trinajstić information content (AvgIpc) is 3.62. The third-order valence-electron chi connectivity index (χ3n) is 5.77. The molecule has 34 heavy (non-hydrogen) atoms. The van der Waals surface area contributed by atoms with Crippen molar-refractivity contribution in [3.8, 4) is 33.9 Å². The van der Waals surface area contributed by atoms with Crippen molar-refractivity contribution in [2.45, 2.75) is 13.5 Å². The molecular formula is C25H20FN7S. The van der Waals surface area contributed by atoms with Gasteiger partial charge in [-0.1, -0.05) is 6.92 Å². The summed E-state index contributed by atoms with van der Waals surface area (Å²) < 4.78 is 15.9. The fourth-order valence-corrected chi connectivity index (χ4v) is 4.77. The maximum Gasteiger partial charge on any atom is 0.159 e. The minimum atomic E-state index is -0.361. The zero-order valence-electron chi connectivity index (χ0n) is 18.3. The number of hydrogen-bond acceptors (Lipinski definition) is 6. The zero-order valence-corrected chi connectivity index (χ0v) is 19.1. The largest absolute Gasteiger partial charge is 0.336 e. The molecule has 0 radical (unpaired) electrons. The van der Waals surface area contributed by atoms with Crippen LogP contribution in [0.3, 0.4) is 0 Å². The van der Waals surface area contributed by atoms with Crippen LogP contribution >= 0.6 is 11.3 Å². The number of thiophene rings is 1. The van der Waals surface area contributed by atoms with Crippen LogP contribution in [0.5, 0.6) is 0 Å². The van der Waals surface area contributed by atoms with Gasteiger partial charge in [-0.2, -0.15) is 16.4 Å². The first-order valence-corrected chi connectivity index (χ1v) is 11.9. The Balaban J connectivity index is 1.48. The second kappa shape index (κ2) is 8.44. The molecule has 0 aliphatic heterocycles. The highest BCUT2D eigenvalue weighted by atomic mass is 32.1. The summed E-state index contributed by atoms with van der Waals surface area (Å²) >= 11 is 1.60. The second-order valence-corrected chi connectivity index (χ2v) is 8.72. The van der Waals surface area contributed by atoms with Gasteiger partial charge in [0.2, 0.25) is 0 Å². The van der Waals surface area contributed by atoms with Gasteiger partial charge in [0.15, 0.2) is 5.82 Å². The number of H-pyrrole nitrogens is 2. The van der Waals surface area contributed by atoms with Crippen molar-refractivity contribution in [3.05, 3.63) is 71.1 Å². The van der Waals surface area contributed by atoms with Gasteiger partial charge in [0.05, 0.1) is 22.1 Å². The lowest BCUT2D eigenvalue weighted by Gasteiger charge is -2.07. The van der Waals surface area contributed by atoms with Crippen LogP contribution in [0.4, 0.5) is 4.39 Å². The van der Waals surface area contributed by atoms with Crippen LogP contribution in [0.1, 0.15) is 12.5 Å². The summed E-state index contributed by atoms with van der Waals surface area (Å²) in [6.45, 7) is 3.57. The van der Waals surface area contributed by atoms with Crippen LogP contribution in [-0.2, 0) is 6.54 Å². The molecule has 1 aromatic carbocycles. The number of nitrogens with one attached hydrogen (secondary N) is 3. The Morgan fingerprint density at radius 1 is 1.06 bits per heavy atom. The summed E-state index contributed by atoms with van der Waals surface area (Å²) in [7, 11) is 0. The molecule has 0 aliphatic rings. The predicted molar refractivity (Wildman–Crippen MR) is 133 cm³/mol. The van der Waals surface area contributed by atoms with E-state index in [4.69, 9.17) is 4.98 Å². The minimum absolute atomic E-state index is 0.361. The van der Waals surface area contributed by atoms with Crippen molar-refractivity contribution in [1.82, 2.24) is 35.5 Å². The van der Waals surface area contributed by atoms with Crippen LogP contribution < -0.4 is 5.32 Å². The first-order chi connectivity index (χ1) is 16.7. The highest BCUT2D eigenvalue weighted by Crippen LogP contribution is 2.35. The van der Waals surface area contributed by atoms with Gasteiger partial charge in [-0.05, 0) is 47.8 Å². The molecule has 0 fully saturated rings. The number of halogens is 1. The highest BCUT2D eigenvalue weighted by molar-refractivity contribution is 7.08. The Morgan fingerprint density at radius 3 is 2.85 bits per heavy atom. The van der Waals surface area contributed by atoms with Gasteiger partial charge in [-0.15, -0.1) is 0 Å². The van der Waals surface area contributed by atoms with Crippen molar-refractivity contribution in [3.63, 3.8) is 0 Å². The molecule has 0 aliphatic carbocycles. The van der Waals surface area contributed by atoms with E-state index in [-0.39, 0.29) is 5.82 Å². The number of imidazole rings is 1. The third kappa shape index (κ3) is 3.46. The fraction of sp³-hybridized carbons (Fsp3) is 0.120. The van der Waals surface area contributed by atoms with E-state index in [1.54, 1.807) is 36.0 Å². The molecule has 0 spiro atoms. The van der Waals surface area contributed by atoms with Gasteiger partial charge in [0.1, 0.15) is 17.0 Å². The van der Waals surface area contributed by atoms with Gasteiger partial charge in [-0.3, -0.25) is 15.1 Å². The van der Waals surface area contributed by atoms with Crippen LogP contribution in [-0.4, -0.2) is 36.7 Å². The molecule has 3 N–H and O–H groups in total. The van der Waals surface area contributed by atoms with Crippen molar-refractivity contribution in [1.29, 1.82) is 0 Å². The van der Waals surface area contributed by atoms with E-state index in [0.717, 1.165) is 40.0 Å². The number of nitrogens with zero attached hydrogens (tertiary/aromatic N) is 4. The van der Waals surface area contributed by atoms with Crippen LogP contribution in [0.25, 0.3) is 55.8 Å². The first-order valence-electron chi connectivity index (χ1n) is 10.9. The Kier molecular flexibility index (Phi) is 5.12. The van der Waals surface area contributed by atoms with E-state index >= 15 is 4.39 Å². The molecule has 5 heterocycles. The molecule has 0 atom stereocenters. The summed E-state index contributed by atoms with van der Waals surface area (Å²) in [5.41, 5.74) is 6.54. The molecule has 9 heteroatoms. The molecule has 6 aromatic rings. The summed E-state index contributed by atoms with van der Waals surface area (Å²) in [4.78, 5) is 16.9. The number of aromatic amines is 2. The molecule has 7 nitrogen and oxygen atoms in total. The van der Waals surface area contributed by atoms with E-state index < -0.39 is 0 Å². The van der Waals surface area contributed by atoms with Gasteiger partial charge < -0.3 is 10.3 Å². The quantitative estimate of drug-likeness (QED) is 0.298. The number of fused-ring (bicyclic) bond motifs is 2. The van der Waals surface area contributed by atoms with Crippen molar-refractivity contribution < 1.29 is 4.39 Å². The van der Waals surface area contributed by atoms with E-state index in [2.05, 4.69) is 30.5 Å². The van der Waals surface area contributed by atoms with Gasteiger partial charge in [0, 0.05) is 47.2 Å². The molecule has 0 amide bonds. The fourth-order valence-electron chi connectivity index (χ4n) is 4.13. The van der Waals surface area contributed by atoms with Crippen molar-refractivity contribution in [2.75, 3.05) is 6.54 Å². The molecule has 0 bridgehead atoms. The lowest BCUT2D eigenvalue weighted by Crippen LogP contribution is -2.11. The lowest BCUT2D eigenvalue weighted by atomic mass is 10.0. The zero-order chi connectivity index (χ0) is 23.1. The molecule has 5 aromatic heterocycles. The lowest BCUT2D eigenvalue weighted by molar-refractivity contribution is 0.643. The maximum atomic E-state index is 15.9. The summed E-state index contributed by atoms with van der Waals surface area (Å²) in [5, 5.41) is 15.0. The molecule has 0 saturated heterocycles. The summed E-state index contributed by atoms with van der Waals surface area (Å²) in [6.07, 6.45) is 5.21. The van der Waals surface area contributed by atoms with Crippen LogP contribution in [0.2, 0.25) is 0 Å². The van der Waals surface area contributed by atoms with E-state index in [0.29, 0.717) is 34.5 Å². The summed E-state index contributed by atoms with van der Waals surface area (Å²) in [5.74, 6) is 0.126. The average molecular weight is 470 g/mol. The van der Waals surface area contributed by atoms with Crippen LogP contribution in [0, 0.1) is 5.82 Å². The Bertz CT molecular complexity index is 1620. The van der Waals surface area contributed by atoms with E-state index in [9.17, 15) is 0 Å². The van der Waals surface area contributed by atoms with Crippen molar-refractivity contribution >= 4 is 33.3 Å². The highest BCUT2D eigenvalue weighted by Gasteiger charge is 2.20. The monoisotopic (exact) mass is 469 g/mol. The summed E-state index contributed by atoms with van der Waals surface area (Å²) in [6, 6.07) is 9.42. The number of pyridine rings is 2.